The first-order valence-electron chi connectivity index (χ1n) is 6.96. The summed E-state index contributed by atoms with van der Waals surface area (Å²) in [7, 11) is 0. The van der Waals surface area contributed by atoms with E-state index in [0.717, 1.165) is 24.8 Å². The minimum absolute atomic E-state index is 0.195. The van der Waals surface area contributed by atoms with Crippen molar-refractivity contribution in [3.05, 3.63) is 47.5 Å². The van der Waals surface area contributed by atoms with Gasteiger partial charge < -0.3 is 4.74 Å². The third kappa shape index (κ3) is 2.44. The molecule has 0 N–H and O–H groups in total. The molecule has 2 rings (SSSR count). The summed E-state index contributed by atoms with van der Waals surface area (Å²) in [4.78, 5) is 11.9. The van der Waals surface area contributed by atoms with E-state index >= 15 is 0 Å². The molecule has 19 heavy (non-hydrogen) atoms. The van der Waals surface area contributed by atoms with Crippen LogP contribution in [0.4, 0.5) is 0 Å². The first-order valence-corrected chi connectivity index (χ1v) is 6.96. The van der Waals surface area contributed by atoms with Crippen molar-refractivity contribution >= 4 is 5.97 Å². The van der Waals surface area contributed by atoms with Crippen LogP contribution in [0, 0.1) is 12.3 Å². The van der Waals surface area contributed by atoms with Gasteiger partial charge in [-0.15, -0.1) is 0 Å². The second-order valence-corrected chi connectivity index (χ2v) is 5.70. The standard InChI is InChI=1S/C17H22O2/c1-5-6-11-17(4)13(3)16(18)19-15(17)14-9-7-12(2)8-10-14/h7-10,15H,3,5-6,11H2,1-2,4H3/t15-,17-/m0/s1. The van der Waals surface area contributed by atoms with E-state index in [4.69, 9.17) is 4.74 Å². The molecule has 1 fully saturated rings. The molecular formula is C17H22O2. The van der Waals surface area contributed by atoms with Gasteiger partial charge in [-0.1, -0.05) is 63.1 Å². The van der Waals surface area contributed by atoms with Crippen molar-refractivity contribution in [2.45, 2.75) is 46.1 Å². The summed E-state index contributed by atoms with van der Waals surface area (Å²) < 4.78 is 5.57. The van der Waals surface area contributed by atoms with Crippen LogP contribution in [0.3, 0.4) is 0 Å². The fourth-order valence-corrected chi connectivity index (χ4v) is 2.70. The number of hydrogen-bond acceptors (Lipinski definition) is 2. The first kappa shape index (κ1) is 13.9. The first-order chi connectivity index (χ1) is 8.99. The highest BCUT2D eigenvalue weighted by atomic mass is 16.6. The quantitative estimate of drug-likeness (QED) is 0.593. The summed E-state index contributed by atoms with van der Waals surface area (Å²) in [6, 6.07) is 8.22. The van der Waals surface area contributed by atoms with E-state index < -0.39 is 0 Å². The van der Waals surface area contributed by atoms with E-state index in [9.17, 15) is 4.79 Å². The maximum absolute atomic E-state index is 11.9. The van der Waals surface area contributed by atoms with Crippen molar-refractivity contribution in [1.29, 1.82) is 0 Å². The Hall–Kier alpha value is -1.57. The smallest absolute Gasteiger partial charge is 0.334 e. The van der Waals surface area contributed by atoms with Gasteiger partial charge in [0.2, 0.25) is 0 Å². The summed E-state index contributed by atoms with van der Waals surface area (Å²) in [5.74, 6) is -0.246. The lowest BCUT2D eigenvalue weighted by molar-refractivity contribution is -0.140. The molecule has 1 saturated heterocycles. The molecule has 0 amide bonds. The molecule has 0 aliphatic carbocycles. The molecule has 1 aliphatic rings. The average molecular weight is 258 g/mol. The van der Waals surface area contributed by atoms with Crippen molar-refractivity contribution in [1.82, 2.24) is 0 Å². The van der Waals surface area contributed by atoms with Crippen LogP contribution in [0.25, 0.3) is 0 Å². The average Bonchev–Trinajstić information content (AvgIpc) is 2.63. The predicted octanol–water partition coefficient (Wildman–Crippen LogP) is 4.35. The van der Waals surface area contributed by atoms with Gasteiger partial charge >= 0.3 is 5.97 Å². The van der Waals surface area contributed by atoms with Crippen LogP contribution >= 0.6 is 0 Å². The summed E-state index contributed by atoms with van der Waals surface area (Å²) in [6.07, 6.45) is 2.93. The zero-order valence-corrected chi connectivity index (χ0v) is 12.0. The number of carbonyl (C=O) groups is 1. The van der Waals surface area contributed by atoms with E-state index in [1.165, 1.54) is 5.56 Å². The zero-order chi connectivity index (χ0) is 14.0. The molecule has 2 nitrogen and oxygen atoms in total. The summed E-state index contributed by atoms with van der Waals surface area (Å²) in [5, 5.41) is 0. The van der Waals surface area contributed by atoms with Crippen LogP contribution in [-0.2, 0) is 9.53 Å². The monoisotopic (exact) mass is 258 g/mol. The molecule has 0 spiro atoms. The molecule has 2 heteroatoms. The second-order valence-electron chi connectivity index (χ2n) is 5.70. The Balaban J connectivity index is 2.34. The van der Waals surface area contributed by atoms with Crippen LogP contribution in [0.2, 0.25) is 0 Å². The highest BCUT2D eigenvalue weighted by Gasteiger charge is 2.48. The van der Waals surface area contributed by atoms with Crippen molar-refractivity contribution in [3.63, 3.8) is 0 Å². The van der Waals surface area contributed by atoms with Gasteiger partial charge in [-0.05, 0) is 18.9 Å². The fourth-order valence-electron chi connectivity index (χ4n) is 2.70. The maximum atomic E-state index is 11.9. The van der Waals surface area contributed by atoms with Gasteiger partial charge in [0.25, 0.3) is 0 Å². The van der Waals surface area contributed by atoms with E-state index in [1.807, 2.05) is 0 Å². The lowest BCUT2D eigenvalue weighted by atomic mass is 9.73. The zero-order valence-electron chi connectivity index (χ0n) is 12.0. The van der Waals surface area contributed by atoms with Gasteiger partial charge in [0.1, 0.15) is 6.10 Å². The molecule has 0 bridgehead atoms. The van der Waals surface area contributed by atoms with E-state index in [-0.39, 0.29) is 17.5 Å². The van der Waals surface area contributed by atoms with Gasteiger partial charge in [0.05, 0.1) is 0 Å². The third-order valence-electron chi connectivity index (χ3n) is 4.17. The minimum Gasteiger partial charge on any atom is -0.453 e. The summed E-state index contributed by atoms with van der Waals surface area (Å²) >= 11 is 0. The number of carbonyl (C=O) groups excluding carboxylic acids is 1. The van der Waals surface area contributed by atoms with E-state index in [2.05, 4.69) is 51.6 Å². The molecule has 102 valence electrons. The Morgan fingerprint density at radius 1 is 1.32 bits per heavy atom. The highest BCUT2D eigenvalue weighted by molar-refractivity contribution is 5.92. The Bertz CT molecular complexity index is 486. The van der Waals surface area contributed by atoms with Gasteiger partial charge in [-0.2, -0.15) is 0 Å². The second kappa shape index (κ2) is 5.20. The number of unbranched alkanes of at least 4 members (excludes halogenated alkanes) is 1. The molecule has 1 heterocycles. The molecule has 0 radical (unpaired) electrons. The number of cyclic esters (lactones) is 1. The SMILES string of the molecule is C=C1C(=O)O[C@@H](c2ccc(C)cc2)[C@@]1(C)CCCC. The normalized spacial score (nSPS) is 26.6. The molecular weight excluding hydrogens is 236 g/mol. The topological polar surface area (TPSA) is 26.3 Å². The number of ether oxygens (including phenoxy) is 1. The fraction of sp³-hybridized carbons (Fsp3) is 0.471. The number of esters is 1. The van der Waals surface area contributed by atoms with Crippen LogP contribution in [0.15, 0.2) is 36.4 Å². The summed E-state index contributed by atoms with van der Waals surface area (Å²) in [5.41, 5.74) is 2.62. The van der Waals surface area contributed by atoms with Crippen LogP contribution in [0.1, 0.15) is 50.3 Å². The molecule has 0 saturated carbocycles. The molecule has 1 aromatic carbocycles. The van der Waals surface area contributed by atoms with E-state index in [1.54, 1.807) is 0 Å². The van der Waals surface area contributed by atoms with Crippen molar-refractivity contribution in [2.24, 2.45) is 5.41 Å². The molecule has 1 aromatic rings. The van der Waals surface area contributed by atoms with Crippen LogP contribution in [0.5, 0.6) is 0 Å². The molecule has 0 unspecified atom stereocenters. The lowest BCUT2D eigenvalue weighted by Crippen LogP contribution is -2.22. The Kier molecular flexibility index (Phi) is 3.79. The van der Waals surface area contributed by atoms with E-state index in [0.29, 0.717) is 5.57 Å². The summed E-state index contributed by atoms with van der Waals surface area (Å²) in [6.45, 7) is 10.3. The van der Waals surface area contributed by atoms with Crippen molar-refractivity contribution in [2.75, 3.05) is 0 Å². The Labute approximate surface area is 115 Å². The largest absolute Gasteiger partial charge is 0.453 e. The van der Waals surface area contributed by atoms with Gasteiger partial charge in [-0.25, -0.2) is 4.79 Å². The number of rotatable bonds is 4. The molecule has 1 aliphatic heterocycles. The predicted molar refractivity (Wildman–Crippen MR) is 76.8 cm³/mol. The minimum atomic E-state index is -0.275. The third-order valence-corrected chi connectivity index (χ3v) is 4.17. The maximum Gasteiger partial charge on any atom is 0.334 e. The van der Waals surface area contributed by atoms with Crippen molar-refractivity contribution in [3.8, 4) is 0 Å². The number of hydrogen-bond donors (Lipinski definition) is 0. The lowest BCUT2D eigenvalue weighted by Gasteiger charge is -2.29. The Morgan fingerprint density at radius 3 is 2.53 bits per heavy atom. The van der Waals surface area contributed by atoms with Gasteiger partial charge in [-0.3, -0.25) is 0 Å². The number of benzene rings is 1. The number of aryl methyl sites for hydroxylation is 1. The van der Waals surface area contributed by atoms with Crippen LogP contribution in [-0.4, -0.2) is 5.97 Å². The molecule has 0 aromatic heterocycles. The Morgan fingerprint density at radius 2 is 1.95 bits per heavy atom. The van der Waals surface area contributed by atoms with Gasteiger partial charge in [0.15, 0.2) is 0 Å². The van der Waals surface area contributed by atoms with Crippen molar-refractivity contribution < 1.29 is 9.53 Å². The molecule has 2 atom stereocenters. The van der Waals surface area contributed by atoms with Gasteiger partial charge in [0, 0.05) is 11.0 Å². The highest BCUT2D eigenvalue weighted by Crippen LogP contribution is 2.51. The van der Waals surface area contributed by atoms with Crippen LogP contribution < -0.4 is 0 Å².